The number of aromatic hydroxyl groups is 1. The van der Waals surface area contributed by atoms with Gasteiger partial charge in [0.05, 0.1) is 33.5 Å². The first-order chi connectivity index (χ1) is 18.8. The highest BCUT2D eigenvalue weighted by atomic mass is 32.1. The average molecular weight is 583 g/mol. The van der Waals surface area contributed by atoms with Gasteiger partial charge in [-0.3, -0.25) is 4.79 Å². The van der Waals surface area contributed by atoms with E-state index in [1.54, 1.807) is 23.1 Å². The number of hydrogen-bond donors (Lipinski definition) is 2. The number of alkyl halides is 6. The van der Waals surface area contributed by atoms with E-state index < -0.39 is 53.2 Å². The van der Waals surface area contributed by atoms with Crippen LogP contribution in [-0.4, -0.2) is 40.5 Å². The summed E-state index contributed by atoms with van der Waals surface area (Å²) in [6.45, 7) is 0.708. The van der Waals surface area contributed by atoms with Gasteiger partial charge in [-0.2, -0.15) is 41.5 Å². The smallest absolute Gasteiger partial charge is 0.416 e. The van der Waals surface area contributed by atoms with Crippen LogP contribution in [-0.2, 0) is 23.6 Å². The van der Waals surface area contributed by atoms with Crippen LogP contribution in [0.3, 0.4) is 0 Å². The van der Waals surface area contributed by atoms with Crippen molar-refractivity contribution in [1.82, 2.24) is 4.98 Å². The topological polar surface area (TPSA) is 98.4 Å². The van der Waals surface area contributed by atoms with Gasteiger partial charge in [0, 0.05) is 25.1 Å². The number of carbonyl (C=O) groups is 1. The summed E-state index contributed by atoms with van der Waals surface area (Å²) in [5.74, 6) is -1.86. The van der Waals surface area contributed by atoms with E-state index in [1.807, 2.05) is 0 Å². The summed E-state index contributed by atoms with van der Waals surface area (Å²) in [6, 6.07) is 6.29. The van der Waals surface area contributed by atoms with Gasteiger partial charge in [-0.15, -0.1) is 0 Å². The highest BCUT2D eigenvalue weighted by Gasteiger charge is 2.38. The predicted octanol–water partition coefficient (Wildman–Crippen LogP) is 4.60. The number of aromatic nitrogens is 1. The molecule has 0 spiro atoms. The lowest BCUT2D eigenvalue weighted by molar-refractivity contribution is -0.144. The third kappa shape index (κ3) is 5.53. The number of rotatable bonds is 5. The summed E-state index contributed by atoms with van der Waals surface area (Å²) in [7, 11) is 0. The van der Waals surface area contributed by atoms with E-state index in [1.165, 1.54) is 6.21 Å². The van der Waals surface area contributed by atoms with Crippen LogP contribution < -0.4 is 15.5 Å². The minimum Gasteiger partial charge on any atom is -0.492 e. The van der Waals surface area contributed by atoms with E-state index in [-0.39, 0.29) is 16.5 Å². The molecule has 7 nitrogen and oxygen atoms in total. The Labute approximate surface area is 226 Å². The number of hydrogen-bond acceptors (Lipinski definition) is 7. The fourth-order valence-corrected chi connectivity index (χ4v) is 5.79. The van der Waals surface area contributed by atoms with Crippen molar-refractivity contribution in [2.24, 2.45) is 16.1 Å². The average Bonchev–Trinajstić information content (AvgIpc) is 3.52. The zero-order valence-corrected chi connectivity index (χ0v) is 21.2. The number of anilines is 1. The molecule has 5 rings (SSSR count). The molecular formula is C26H20F6N4O3S. The van der Waals surface area contributed by atoms with Gasteiger partial charge < -0.3 is 15.1 Å². The van der Waals surface area contributed by atoms with Crippen LogP contribution in [0.15, 0.2) is 46.6 Å². The maximum atomic E-state index is 14.0. The fourth-order valence-electron chi connectivity index (χ4n) is 4.72. The molecule has 0 bridgehead atoms. The minimum atomic E-state index is -5.07. The van der Waals surface area contributed by atoms with Gasteiger partial charge in [0.2, 0.25) is 5.88 Å². The molecule has 2 aliphatic rings. The van der Waals surface area contributed by atoms with Crippen LogP contribution in [0.4, 0.5) is 31.5 Å². The summed E-state index contributed by atoms with van der Waals surface area (Å²) in [5.41, 5.74) is -2.47. The summed E-state index contributed by atoms with van der Waals surface area (Å²) in [5, 5.41) is 29.1. The van der Waals surface area contributed by atoms with Gasteiger partial charge >= 0.3 is 18.3 Å². The molecule has 1 fully saturated rings. The molecule has 2 aromatic carbocycles. The summed E-state index contributed by atoms with van der Waals surface area (Å²) < 4.78 is 81.6. The van der Waals surface area contributed by atoms with Crippen LogP contribution in [0.1, 0.15) is 40.0 Å². The van der Waals surface area contributed by atoms with Crippen molar-refractivity contribution in [3.8, 4) is 5.88 Å². The van der Waals surface area contributed by atoms with E-state index in [9.17, 15) is 41.4 Å². The van der Waals surface area contributed by atoms with Crippen molar-refractivity contribution in [2.45, 2.75) is 31.6 Å². The Morgan fingerprint density at radius 3 is 2.40 bits per heavy atom. The number of carboxylic acid groups (broad SMARTS) is 1. The zero-order valence-electron chi connectivity index (χ0n) is 20.4. The van der Waals surface area contributed by atoms with Gasteiger partial charge in [0.15, 0.2) is 5.13 Å². The van der Waals surface area contributed by atoms with E-state index in [4.69, 9.17) is 0 Å². The number of carboxylic acids is 1. The van der Waals surface area contributed by atoms with E-state index in [0.29, 0.717) is 53.3 Å². The molecular weight excluding hydrogens is 562 g/mol. The van der Waals surface area contributed by atoms with Crippen molar-refractivity contribution < 1.29 is 41.4 Å². The van der Waals surface area contributed by atoms with Gasteiger partial charge in [0.25, 0.3) is 0 Å². The number of piperidine rings is 1. The van der Waals surface area contributed by atoms with Crippen molar-refractivity contribution in [2.75, 3.05) is 18.0 Å². The van der Waals surface area contributed by atoms with Crippen LogP contribution in [0.25, 0.3) is 5.57 Å². The van der Waals surface area contributed by atoms with E-state index in [0.717, 1.165) is 17.4 Å². The third-order valence-corrected chi connectivity index (χ3v) is 8.00. The van der Waals surface area contributed by atoms with Crippen LogP contribution in [0.5, 0.6) is 5.88 Å². The summed E-state index contributed by atoms with van der Waals surface area (Å²) in [6.07, 6.45) is -8.32. The molecule has 0 amide bonds. The molecule has 3 aromatic rings. The Kier molecular flexibility index (Phi) is 7.06. The molecule has 210 valence electrons. The van der Waals surface area contributed by atoms with Crippen LogP contribution in [0.2, 0.25) is 0 Å². The van der Waals surface area contributed by atoms with Crippen LogP contribution in [0, 0.1) is 5.92 Å². The van der Waals surface area contributed by atoms with Gasteiger partial charge in [0.1, 0.15) is 0 Å². The standard InChI is InChI=1S/C26H20F6N4O3S/c27-25(28,29)17-3-1-15(19(11-17)26(30,31)32)10-18(14-2-4-20-16(9-14)12-33-35-20)21-22(37)34-24(40-21)36-7-5-13(6-8-36)23(38)39/h1-4,9,11-13,37H,5-8,10H2,(H,38,39). The molecule has 2 N–H and O–H groups in total. The number of nitrogens with zero attached hydrogens (tertiary/aromatic N) is 4. The first-order valence-corrected chi connectivity index (χ1v) is 12.8. The first-order valence-electron chi connectivity index (χ1n) is 12.0. The Morgan fingerprint density at radius 1 is 1.02 bits per heavy atom. The zero-order chi connectivity index (χ0) is 28.8. The highest BCUT2D eigenvalue weighted by Crippen LogP contribution is 2.41. The molecule has 1 saturated heterocycles. The predicted molar refractivity (Wildman–Crippen MR) is 134 cm³/mol. The van der Waals surface area contributed by atoms with Gasteiger partial charge in [-0.1, -0.05) is 23.5 Å². The molecule has 40 heavy (non-hydrogen) atoms. The Hall–Kier alpha value is -3.94. The first kappa shape index (κ1) is 27.6. The lowest BCUT2D eigenvalue weighted by Gasteiger charge is -2.29. The SMILES string of the molecule is O=C(O)C1CCN(c2nc(O)c(C(Cc3ccc(C(F)(F)F)cc3C(F)(F)F)=c3ccc4c(c3)C=NN=4)s2)CC1. The van der Waals surface area contributed by atoms with Crippen molar-refractivity contribution in [3.05, 3.63) is 74.1 Å². The highest BCUT2D eigenvalue weighted by molar-refractivity contribution is 7.17. The Bertz CT molecular complexity index is 1620. The Balaban J connectivity index is 1.62. The normalized spacial score (nSPS) is 16.6. The van der Waals surface area contributed by atoms with E-state index in [2.05, 4.69) is 15.2 Å². The molecule has 0 unspecified atom stereocenters. The lowest BCUT2D eigenvalue weighted by atomic mass is 9.94. The van der Waals surface area contributed by atoms with Crippen LogP contribution >= 0.6 is 11.3 Å². The van der Waals surface area contributed by atoms with Crippen molar-refractivity contribution in [1.29, 1.82) is 0 Å². The largest absolute Gasteiger partial charge is 0.492 e. The number of aliphatic carboxylic acids is 1. The molecule has 3 heterocycles. The molecule has 1 aromatic heterocycles. The molecule has 0 saturated carbocycles. The number of thiazole rings is 1. The van der Waals surface area contributed by atoms with Crippen molar-refractivity contribution >= 4 is 34.2 Å². The second-order valence-corrected chi connectivity index (χ2v) is 10.4. The maximum Gasteiger partial charge on any atom is 0.416 e. The number of halogens is 6. The number of fused-ring (bicyclic) bond motifs is 1. The van der Waals surface area contributed by atoms with Gasteiger partial charge in [-0.05, 0) is 53.5 Å². The summed E-state index contributed by atoms with van der Waals surface area (Å²) in [4.78, 5) is 17.4. The molecule has 2 aliphatic heterocycles. The number of benzene rings is 2. The quantitative estimate of drug-likeness (QED) is 0.429. The Morgan fingerprint density at radius 2 is 1.75 bits per heavy atom. The lowest BCUT2D eigenvalue weighted by Crippen LogP contribution is -2.36. The second-order valence-electron chi connectivity index (χ2n) is 9.39. The molecule has 0 atom stereocenters. The molecule has 0 radical (unpaired) electrons. The molecule has 14 heteroatoms. The van der Waals surface area contributed by atoms with Crippen molar-refractivity contribution in [3.63, 3.8) is 0 Å². The fraction of sp³-hybridized carbons (Fsp3) is 0.308. The second kappa shape index (κ2) is 10.2. The van der Waals surface area contributed by atoms with E-state index >= 15 is 0 Å². The third-order valence-electron chi connectivity index (χ3n) is 6.83. The van der Waals surface area contributed by atoms with Gasteiger partial charge in [-0.25, -0.2) is 0 Å². The monoisotopic (exact) mass is 582 g/mol. The molecule has 0 aliphatic carbocycles. The summed E-state index contributed by atoms with van der Waals surface area (Å²) >= 11 is 1.01. The minimum absolute atomic E-state index is 0.0890. The maximum absolute atomic E-state index is 14.0.